The molecule has 0 aliphatic carbocycles. The van der Waals surface area contributed by atoms with Gasteiger partial charge in [-0.2, -0.15) is 5.10 Å². The smallest absolute Gasteiger partial charge is 0.343 e. The topological polar surface area (TPSA) is 67.8 Å². The van der Waals surface area contributed by atoms with Gasteiger partial charge in [0.15, 0.2) is 0 Å². The first-order valence-corrected chi connectivity index (χ1v) is 10.2. The number of amides is 1. The van der Waals surface area contributed by atoms with Crippen molar-refractivity contribution in [1.29, 1.82) is 0 Å². The number of fused-ring (bicyclic) bond motifs is 1. The molecular formula is C23H15ClN2O3S. The maximum atomic E-state index is 12.4. The van der Waals surface area contributed by atoms with Crippen molar-refractivity contribution in [2.24, 2.45) is 5.10 Å². The summed E-state index contributed by atoms with van der Waals surface area (Å²) in [6, 6.07) is 23.1. The molecule has 4 aromatic rings. The Morgan fingerprint density at radius 3 is 2.37 bits per heavy atom. The molecule has 4 rings (SSSR count). The van der Waals surface area contributed by atoms with Crippen LogP contribution >= 0.6 is 22.9 Å². The zero-order chi connectivity index (χ0) is 20.9. The lowest BCUT2D eigenvalue weighted by molar-refractivity contribution is 0.0734. The lowest BCUT2D eigenvalue weighted by atomic mass is 10.2. The number of esters is 1. The number of halogens is 1. The highest BCUT2D eigenvalue weighted by Crippen LogP contribution is 2.34. The van der Waals surface area contributed by atoms with E-state index in [1.807, 2.05) is 30.3 Å². The number of carbonyl (C=O) groups excluding carboxylic acids is 2. The summed E-state index contributed by atoms with van der Waals surface area (Å²) in [5, 5.41) is 5.25. The number of carbonyl (C=O) groups is 2. The molecule has 3 aromatic carbocycles. The molecule has 1 heterocycles. The maximum absolute atomic E-state index is 12.4. The van der Waals surface area contributed by atoms with Crippen LogP contribution in [0.15, 0.2) is 84.0 Å². The number of hydrazone groups is 1. The highest BCUT2D eigenvalue weighted by molar-refractivity contribution is 7.21. The number of nitrogens with zero attached hydrogens (tertiary/aromatic N) is 1. The highest BCUT2D eigenvalue weighted by Gasteiger charge is 2.16. The molecule has 1 amide bonds. The molecule has 0 bridgehead atoms. The predicted octanol–water partition coefficient (Wildman–Crippen LogP) is 5.54. The van der Waals surface area contributed by atoms with Gasteiger partial charge in [0.05, 0.1) is 16.8 Å². The van der Waals surface area contributed by atoms with Crippen molar-refractivity contribution in [1.82, 2.24) is 5.43 Å². The minimum Gasteiger partial charge on any atom is -0.423 e. The van der Waals surface area contributed by atoms with Crippen molar-refractivity contribution in [3.05, 3.63) is 99.9 Å². The van der Waals surface area contributed by atoms with E-state index in [1.165, 1.54) is 17.6 Å². The molecule has 0 saturated carbocycles. The van der Waals surface area contributed by atoms with Gasteiger partial charge in [-0.3, -0.25) is 4.79 Å². The van der Waals surface area contributed by atoms with Gasteiger partial charge in [0.2, 0.25) is 0 Å². The van der Waals surface area contributed by atoms with Gasteiger partial charge in [0, 0.05) is 10.1 Å². The van der Waals surface area contributed by atoms with E-state index < -0.39 is 5.97 Å². The van der Waals surface area contributed by atoms with Crippen LogP contribution < -0.4 is 10.2 Å². The normalized spacial score (nSPS) is 11.0. The molecule has 0 aliphatic heterocycles. The zero-order valence-electron chi connectivity index (χ0n) is 15.5. The number of nitrogens with one attached hydrogen (secondary N) is 1. The van der Waals surface area contributed by atoms with Gasteiger partial charge in [-0.1, -0.05) is 48.0 Å². The van der Waals surface area contributed by atoms with Crippen LogP contribution in [0.25, 0.3) is 10.1 Å². The molecule has 1 N–H and O–H groups in total. The van der Waals surface area contributed by atoms with Gasteiger partial charge in [-0.15, -0.1) is 11.3 Å². The predicted molar refractivity (Wildman–Crippen MR) is 120 cm³/mol. The summed E-state index contributed by atoms with van der Waals surface area (Å²) in [6.07, 6.45) is 1.50. The van der Waals surface area contributed by atoms with E-state index in [4.69, 9.17) is 16.3 Å². The second-order valence-electron chi connectivity index (χ2n) is 6.27. The summed E-state index contributed by atoms with van der Waals surface area (Å²) in [6.45, 7) is 0. The van der Waals surface area contributed by atoms with Crippen LogP contribution in [0.4, 0.5) is 0 Å². The lowest BCUT2D eigenvalue weighted by Crippen LogP contribution is -2.16. The molecular weight excluding hydrogens is 420 g/mol. The summed E-state index contributed by atoms with van der Waals surface area (Å²) in [7, 11) is 0. The Balaban J connectivity index is 1.37. The van der Waals surface area contributed by atoms with Crippen molar-refractivity contribution >= 4 is 51.1 Å². The van der Waals surface area contributed by atoms with Crippen LogP contribution in [0.2, 0.25) is 5.02 Å². The Bertz CT molecular complexity index is 1230. The monoisotopic (exact) mass is 434 g/mol. The average molecular weight is 435 g/mol. The summed E-state index contributed by atoms with van der Waals surface area (Å²) in [4.78, 5) is 24.9. The molecule has 0 unspecified atom stereocenters. The molecule has 7 heteroatoms. The summed E-state index contributed by atoms with van der Waals surface area (Å²) >= 11 is 7.63. The maximum Gasteiger partial charge on any atom is 0.343 e. The van der Waals surface area contributed by atoms with Crippen LogP contribution in [-0.2, 0) is 0 Å². The van der Waals surface area contributed by atoms with E-state index >= 15 is 0 Å². The van der Waals surface area contributed by atoms with Crippen molar-refractivity contribution in [2.75, 3.05) is 0 Å². The quantitative estimate of drug-likeness (QED) is 0.194. The Morgan fingerprint density at radius 1 is 0.933 bits per heavy atom. The van der Waals surface area contributed by atoms with E-state index in [9.17, 15) is 9.59 Å². The first kappa shape index (κ1) is 19.8. The third-order valence-corrected chi connectivity index (χ3v) is 5.90. The van der Waals surface area contributed by atoms with Gasteiger partial charge in [0.1, 0.15) is 10.6 Å². The van der Waals surface area contributed by atoms with E-state index in [-0.39, 0.29) is 5.91 Å². The Kier molecular flexibility index (Phi) is 5.88. The van der Waals surface area contributed by atoms with Gasteiger partial charge in [-0.25, -0.2) is 10.2 Å². The molecule has 1 aromatic heterocycles. The summed E-state index contributed by atoms with van der Waals surface area (Å²) in [5.41, 5.74) is 3.70. The van der Waals surface area contributed by atoms with E-state index in [1.54, 1.807) is 48.5 Å². The number of hydrogen-bond donors (Lipinski definition) is 1. The highest BCUT2D eigenvalue weighted by atomic mass is 35.5. The van der Waals surface area contributed by atoms with Gasteiger partial charge in [0.25, 0.3) is 5.91 Å². The standard InChI is InChI=1S/C23H15ClN2O3S/c24-20-18-8-4-5-9-19(18)30-21(20)22(27)26-25-14-15-10-12-17(13-11-15)29-23(28)16-6-2-1-3-7-16/h1-14H,(H,26,27)/b25-14-. The summed E-state index contributed by atoms with van der Waals surface area (Å²) in [5.74, 6) is -0.377. The minimum absolute atomic E-state index is 0.370. The Morgan fingerprint density at radius 2 is 1.63 bits per heavy atom. The molecule has 5 nitrogen and oxygen atoms in total. The fraction of sp³-hybridized carbons (Fsp3) is 0. The zero-order valence-corrected chi connectivity index (χ0v) is 17.1. The number of rotatable bonds is 5. The average Bonchev–Trinajstić information content (AvgIpc) is 3.12. The van der Waals surface area contributed by atoms with Crippen LogP contribution in [0.1, 0.15) is 25.6 Å². The molecule has 0 atom stereocenters. The number of benzene rings is 3. The van der Waals surface area contributed by atoms with Crippen molar-refractivity contribution < 1.29 is 14.3 Å². The number of thiophene rings is 1. The van der Waals surface area contributed by atoms with Crippen molar-refractivity contribution in [2.45, 2.75) is 0 Å². The molecule has 0 saturated heterocycles. The van der Waals surface area contributed by atoms with Crippen molar-refractivity contribution in [3.63, 3.8) is 0 Å². The Hall–Kier alpha value is -3.48. The molecule has 148 valence electrons. The number of hydrogen-bond acceptors (Lipinski definition) is 5. The first-order valence-electron chi connectivity index (χ1n) is 8.99. The SMILES string of the molecule is O=C(Oc1ccc(/C=N\NC(=O)c2sc3ccccc3c2Cl)cc1)c1ccccc1. The van der Waals surface area contributed by atoms with E-state index in [0.717, 1.165) is 15.6 Å². The molecule has 0 aliphatic rings. The fourth-order valence-electron chi connectivity index (χ4n) is 2.74. The van der Waals surface area contributed by atoms with E-state index in [0.29, 0.717) is 21.2 Å². The Labute approximate surface area is 181 Å². The molecule has 0 spiro atoms. The van der Waals surface area contributed by atoms with Crippen molar-refractivity contribution in [3.8, 4) is 5.75 Å². The van der Waals surface area contributed by atoms with Gasteiger partial charge < -0.3 is 4.74 Å². The van der Waals surface area contributed by atoms with Crippen LogP contribution in [0, 0.1) is 0 Å². The van der Waals surface area contributed by atoms with Crippen LogP contribution in [0.5, 0.6) is 5.75 Å². The first-order chi connectivity index (χ1) is 14.6. The second-order valence-corrected chi connectivity index (χ2v) is 7.70. The summed E-state index contributed by atoms with van der Waals surface area (Å²) < 4.78 is 6.27. The lowest BCUT2D eigenvalue weighted by Gasteiger charge is -2.04. The third kappa shape index (κ3) is 4.40. The molecule has 30 heavy (non-hydrogen) atoms. The second kappa shape index (κ2) is 8.90. The van der Waals surface area contributed by atoms with Crippen LogP contribution in [0.3, 0.4) is 0 Å². The van der Waals surface area contributed by atoms with E-state index in [2.05, 4.69) is 10.5 Å². The van der Waals surface area contributed by atoms with Gasteiger partial charge in [-0.05, 0) is 48.0 Å². The third-order valence-electron chi connectivity index (χ3n) is 4.22. The van der Waals surface area contributed by atoms with Gasteiger partial charge >= 0.3 is 5.97 Å². The largest absolute Gasteiger partial charge is 0.423 e. The number of ether oxygens (including phenoxy) is 1. The fourth-order valence-corrected chi connectivity index (χ4v) is 4.15. The van der Waals surface area contributed by atoms with Crippen LogP contribution in [-0.4, -0.2) is 18.1 Å². The molecule has 0 radical (unpaired) electrons. The molecule has 0 fully saturated rings. The minimum atomic E-state index is -0.426.